The first-order chi connectivity index (χ1) is 16.3. The second kappa shape index (κ2) is 11.3. The lowest BCUT2D eigenvalue weighted by Gasteiger charge is -2.37. The monoisotopic (exact) mass is 487 g/mol. The van der Waals surface area contributed by atoms with Crippen LogP contribution >= 0.6 is 11.3 Å². The van der Waals surface area contributed by atoms with Crippen LogP contribution in [0.4, 0.5) is 4.79 Å². The van der Waals surface area contributed by atoms with E-state index in [9.17, 15) is 9.59 Å². The quantitative estimate of drug-likeness (QED) is 0.518. The molecule has 3 aliphatic rings. The predicted octanol–water partition coefficient (Wildman–Crippen LogP) is 5.76. The summed E-state index contributed by atoms with van der Waals surface area (Å²) in [6.07, 6.45) is 11.1. The molecule has 1 N–H and O–H groups in total. The van der Waals surface area contributed by atoms with Crippen molar-refractivity contribution in [2.24, 2.45) is 5.92 Å². The molecule has 1 atom stereocenters. The molecule has 0 spiro atoms. The first kappa shape index (κ1) is 25.2. The van der Waals surface area contributed by atoms with Gasteiger partial charge in [-0.05, 0) is 110 Å². The Morgan fingerprint density at radius 3 is 2.62 bits per heavy atom. The van der Waals surface area contributed by atoms with Crippen molar-refractivity contribution < 1.29 is 14.3 Å². The average molecular weight is 488 g/mol. The van der Waals surface area contributed by atoms with E-state index in [1.165, 1.54) is 29.8 Å². The molecule has 34 heavy (non-hydrogen) atoms. The maximum absolute atomic E-state index is 13.3. The number of rotatable bonds is 6. The zero-order valence-corrected chi connectivity index (χ0v) is 21.9. The molecule has 0 bridgehead atoms. The van der Waals surface area contributed by atoms with Crippen LogP contribution < -0.4 is 5.32 Å². The van der Waals surface area contributed by atoms with E-state index in [1.54, 1.807) is 11.3 Å². The van der Waals surface area contributed by atoms with Gasteiger partial charge in [-0.25, -0.2) is 4.79 Å². The van der Waals surface area contributed by atoms with Gasteiger partial charge in [0.05, 0.1) is 5.56 Å². The third kappa shape index (κ3) is 6.63. The number of hydrogen-bond acceptors (Lipinski definition) is 5. The fourth-order valence-corrected chi connectivity index (χ4v) is 6.53. The highest BCUT2D eigenvalue weighted by atomic mass is 32.1. The minimum atomic E-state index is -0.457. The summed E-state index contributed by atoms with van der Waals surface area (Å²) in [6, 6.07) is 2.17. The van der Waals surface area contributed by atoms with Crippen LogP contribution in [0.1, 0.15) is 93.3 Å². The highest BCUT2D eigenvalue weighted by Crippen LogP contribution is 2.37. The molecule has 2 aliphatic heterocycles. The first-order valence-electron chi connectivity index (χ1n) is 13.1. The van der Waals surface area contributed by atoms with Crippen LogP contribution in [0, 0.1) is 5.92 Å². The Morgan fingerprint density at radius 2 is 1.85 bits per heavy atom. The summed E-state index contributed by atoms with van der Waals surface area (Å²) in [5, 5.41) is 4.93. The SMILES string of the molecule is CC(C)(C)OC(=O)NCCCN1CCC(c2cc(C(=O)N3CCCC4CCCC=C43)cs2)CC1. The van der Waals surface area contributed by atoms with Gasteiger partial charge in [-0.1, -0.05) is 6.08 Å². The van der Waals surface area contributed by atoms with E-state index in [4.69, 9.17) is 4.74 Å². The Bertz CT molecular complexity index is 880. The number of ether oxygens (including phenoxy) is 1. The van der Waals surface area contributed by atoms with Crippen molar-refractivity contribution in [1.29, 1.82) is 0 Å². The van der Waals surface area contributed by atoms with Gasteiger partial charge in [-0.15, -0.1) is 11.3 Å². The molecule has 6 nitrogen and oxygen atoms in total. The van der Waals surface area contributed by atoms with Gasteiger partial charge in [0.15, 0.2) is 0 Å². The number of amides is 2. The Labute approximate surface area is 208 Å². The number of alkyl carbamates (subject to hydrolysis) is 1. The van der Waals surface area contributed by atoms with Crippen molar-refractivity contribution in [2.75, 3.05) is 32.7 Å². The number of carbonyl (C=O) groups is 2. The molecule has 2 amide bonds. The normalized spacial score (nSPS) is 22.1. The average Bonchev–Trinajstić information content (AvgIpc) is 3.31. The predicted molar refractivity (Wildman–Crippen MR) is 137 cm³/mol. The van der Waals surface area contributed by atoms with E-state index in [0.717, 1.165) is 63.8 Å². The summed E-state index contributed by atoms with van der Waals surface area (Å²) in [4.78, 5) is 31.0. The Balaban J connectivity index is 1.21. The van der Waals surface area contributed by atoms with E-state index >= 15 is 0 Å². The fraction of sp³-hybridized carbons (Fsp3) is 0.704. The van der Waals surface area contributed by atoms with Crippen molar-refractivity contribution in [2.45, 2.75) is 83.7 Å². The third-order valence-electron chi connectivity index (χ3n) is 7.20. The summed E-state index contributed by atoms with van der Waals surface area (Å²) in [6.45, 7) is 10.3. The number of thiophene rings is 1. The van der Waals surface area contributed by atoms with Crippen LogP contribution in [0.5, 0.6) is 0 Å². The van der Waals surface area contributed by atoms with Crippen LogP contribution in [-0.2, 0) is 4.74 Å². The van der Waals surface area contributed by atoms with Gasteiger partial charge in [0, 0.05) is 29.0 Å². The Morgan fingerprint density at radius 1 is 1.09 bits per heavy atom. The Hall–Kier alpha value is -1.86. The summed E-state index contributed by atoms with van der Waals surface area (Å²) in [5.74, 6) is 1.34. The lowest BCUT2D eigenvalue weighted by molar-refractivity contribution is 0.0525. The standard InChI is InChI=1S/C27H41N3O3S/c1-27(2,3)33-26(32)28-13-7-14-29-16-11-21(12-17-29)24-18-22(19-34-24)25(31)30-15-6-9-20-8-4-5-10-23(20)30/h10,18-21H,4-9,11-17H2,1-3H3,(H,28,32). The molecule has 3 heterocycles. The topological polar surface area (TPSA) is 61.9 Å². The summed E-state index contributed by atoms with van der Waals surface area (Å²) in [5.41, 5.74) is 1.72. The van der Waals surface area contributed by atoms with E-state index in [2.05, 4.69) is 32.6 Å². The molecule has 1 unspecified atom stereocenters. The molecule has 7 heteroatoms. The second-order valence-electron chi connectivity index (χ2n) is 11.0. The van der Waals surface area contributed by atoms with Gasteiger partial charge >= 0.3 is 6.09 Å². The molecular formula is C27H41N3O3S. The molecule has 188 valence electrons. The lowest BCUT2D eigenvalue weighted by Crippen LogP contribution is -2.38. The summed E-state index contributed by atoms with van der Waals surface area (Å²) >= 11 is 1.76. The summed E-state index contributed by atoms with van der Waals surface area (Å²) in [7, 11) is 0. The van der Waals surface area contributed by atoms with Crippen molar-refractivity contribution in [3.63, 3.8) is 0 Å². The highest BCUT2D eigenvalue weighted by molar-refractivity contribution is 7.10. The number of carbonyl (C=O) groups excluding carboxylic acids is 2. The minimum absolute atomic E-state index is 0.204. The molecule has 2 saturated heterocycles. The number of allylic oxidation sites excluding steroid dienone is 2. The van der Waals surface area contributed by atoms with Crippen molar-refractivity contribution in [1.82, 2.24) is 15.1 Å². The van der Waals surface area contributed by atoms with E-state index in [1.807, 2.05) is 20.8 Å². The largest absolute Gasteiger partial charge is 0.444 e. The Kier molecular flexibility index (Phi) is 8.35. The molecule has 1 aromatic heterocycles. The molecule has 0 aromatic carbocycles. The van der Waals surface area contributed by atoms with Gasteiger partial charge in [0.25, 0.3) is 5.91 Å². The molecule has 0 saturated carbocycles. The number of piperidine rings is 2. The summed E-state index contributed by atoms with van der Waals surface area (Å²) < 4.78 is 5.28. The molecule has 4 rings (SSSR count). The van der Waals surface area contributed by atoms with Gasteiger partial charge < -0.3 is 19.9 Å². The van der Waals surface area contributed by atoms with Crippen LogP contribution in [-0.4, -0.2) is 60.1 Å². The molecule has 0 radical (unpaired) electrons. The lowest BCUT2D eigenvalue weighted by atomic mass is 9.84. The maximum Gasteiger partial charge on any atom is 0.407 e. The van der Waals surface area contributed by atoms with E-state index in [0.29, 0.717) is 18.4 Å². The van der Waals surface area contributed by atoms with Crippen LogP contribution in [0.2, 0.25) is 0 Å². The zero-order chi connectivity index (χ0) is 24.1. The van der Waals surface area contributed by atoms with Gasteiger partial charge in [0.2, 0.25) is 0 Å². The minimum Gasteiger partial charge on any atom is -0.444 e. The smallest absolute Gasteiger partial charge is 0.407 e. The van der Waals surface area contributed by atoms with Crippen LogP contribution in [0.25, 0.3) is 0 Å². The highest BCUT2D eigenvalue weighted by Gasteiger charge is 2.31. The molecule has 2 fully saturated rings. The zero-order valence-electron chi connectivity index (χ0n) is 21.1. The number of fused-ring (bicyclic) bond motifs is 1. The maximum atomic E-state index is 13.3. The number of nitrogens with zero attached hydrogens (tertiary/aromatic N) is 2. The van der Waals surface area contributed by atoms with Crippen molar-refractivity contribution in [3.05, 3.63) is 33.7 Å². The third-order valence-corrected chi connectivity index (χ3v) is 8.29. The van der Waals surface area contributed by atoms with Gasteiger partial charge in [-0.3, -0.25) is 4.79 Å². The van der Waals surface area contributed by atoms with Gasteiger partial charge in [-0.2, -0.15) is 0 Å². The van der Waals surface area contributed by atoms with Gasteiger partial charge in [0.1, 0.15) is 5.60 Å². The van der Waals surface area contributed by atoms with Crippen LogP contribution in [0.15, 0.2) is 23.2 Å². The first-order valence-corrected chi connectivity index (χ1v) is 14.0. The van der Waals surface area contributed by atoms with Crippen molar-refractivity contribution >= 4 is 23.3 Å². The van der Waals surface area contributed by atoms with E-state index < -0.39 is 5.60 Å². The molecule has 1 aromatic rings. The van der Waals surface area contributed by atoms with Crippen molar-refractivity contribution in [3.8, 4) is 0 Å². The van der Waals surface area contributed by atoms with E-state index in [-0.39, 0.29) is 12.0 Å². The molecular weight excluding hydrogens is 446 g/mol. The number of nitrogens with one attached hydrogen (secondary N) is 1. The fourth-order valence-electron chi connectivity index (χ4n) is 5.48. The second-order valence-corrected chi connectivity index (χ2v) is 11.9. The molecule has 1 aliphatic carbocycles. The number of likely N-dealkylation sites (tertiary alicyclic amines) is 2. The number of hydrogen-bond donors (Lipinski definition) is 1. The van der Waals surface area contributed by atoms with Crippen LogP contribution in [0.3, 0.4) is 0 Å².